The van der Waals surface area contributed by atoms with Crippen LogP contribution in [-0.2, 0) is 10.2 Å². The minimum atomic E-state index is -3.72. The Bertz CT molecular complexity index is 436. The maximum atomic E-state index is 12.2. The van der Waals surface area contributed by atoms with E-state index in [1.807, 2.05) is 13.8 Å². The molecule has 1 saturated heterocycles. The SMILES string of the molecule is CC1CC(C)CN(S(=O)(=O)NC(=O)NC2CCCC2)C1. The molecule has 6 nitrogen and oxygen atoms in total. The molecule has 0 aromatic heterocycles. The van der Waals surface area contributed by atoms with Gasteiger partial charge in [-0.3, -0.25) is 0 Å². The highest BCUT2D eigenvalue weighted by molar-refractivity contribution is 7.87. The Kier molecular flexibility index (Phi) is 4.90. The first-order valence-electron chi connectivity index (χ1n) is 7.45. The van der Waals surface area contributed by atoms with Crippen molar-refractivity contribution in [3.8, 4) is 0 Å². The predicted octanol–water partition coefficient (Wildman–Crippen LogP) is 1.45. The summed E-state index contributed by atoms with van der Waals surface area (Å²) in [4.78, 5) is 11.8. The molecule has 1 aliphatic heterocycles. The van der Waals surface area contributed by atoms with Gasteiger partial charge in [-0.25, -0.2) is 9.52 Å². The third-order valence-electron chi connectivity index (χ3n) is 4.09. The van der Waals surface area contributed by atoms with Gasteiger partial charge in [0.2, 0.25) is 0 Å². The van der Waals surface area contributed by atoms with E-state index in [-0.39, 0.29) is 6.04 Å². The highest BCUT2D eigenvalue weighted by atomic mass is 32.2. The summed E-state index contributed by atoms with van der Waals surface area (Å²) in [5.41, 5.74) is 0. The molecule has 0 aromatic rings. The monoisotopic (exact) mass is 303 g/mol. The van der Waals surface area contributed by atoms with Gasteiger partial charge in [0, 0.05) is 19.1 Å². The van der Waals surface area contributed by atoms with Crippen molar-refractivity contribution in [3.63, 3.8) is 0 Å². The third kappa shape index (κ3) is 4.09. The second-order valence-corrected chi connectivity index (χ2v) is 8.00. The maximum absolute atomic E-state index is 12.2. The number of rotatable bonds is 3. The van der Waals surface area contributed by atoms with Crippen molar-refractivity contribution in [2.75, 3.05) is 13.1 Å². The molecule has 0 radical (unpaired) electrons. The predicted molar refractivity (Wildman–Crippen MR) is 77.4 cm³/mol. The average Bonchev–Trinajstić information content (AvgIpc) is 2.79. The van der Waals surface area contributed by atoms with Crippen LogP contribution in [0, 0.1) is 11.8 Å². The number of piperidine rings is 1. The lowest BCUT2D eigenvalue weighted by atomic mass is 9.94. The molecule has 1 aliphatic carbocycles. The van der Waals surface area contributed by atoms with Crippen LogP contribution in [0.15, 0.2) is 0 Å². The van der Waals surface area contributed by atoms with E-state index in [1.165, 1.54) is 4.31 Å². The molecule has 2 aliphatic rings. The van der Waals surface area contributed by atoms with E-state index in [4.69, 9.17) is 0 Å². The summed E-state index contributed by atoms with van der Waals surface area (Å²) in [5, 5.41) is 2.74. The zero-order valence-electron chi connectivity index (χ0n) is 12.3. The molecule has 1 saturated carbocycles. The quantitative estimate of drug-likeness (QED) is 0.828. The molecule has 0 bridgehead atoms. The van der Waals surface area contributed by atoms with Crippen LogP contribution in [0.3, 0.4) is 0 Å². The molecule has 0 spiro atoms. The van der Waals surface area contributed by atoms with Gasteiger partial charge < -0.3 is 5.32 Å². The number of nitrogens with zero attached hydrogens (tertiary/aromatic N) is 1. The number of hydrogen-bond acceptors (Lipinski definition) is 3. The second kappa shape index (κ2) is 6.30. The highest BCUT2D eigenvalue weighted by Gasteiger charge is 2.32. The Balaban J connectivity index is 1.90. The molecule has 2 fully saturated rings. The summed E-state index contributed by atoms with van der Waals surface area (Å²) in [6.07, 6.45) is 5.09. The molecule has 2 rings (SSSR count). The zero-order chi connectivity index (χ0) is 14.8. The van der Waals surface area contributed by atoms with Crippen molar-refractivity contribution in [3.05, 3.63) is 0 Å². The summed E-state index contributed by atoms with van der Waals surface area (Å²) in [7, 11) is -3.72. The second-order valence-electron chi connectivity index (χ2n) is 6.32. The Hall–Kier alpha value is -0.820. The van der Waals surface area contributed by atoms with Gasteiger partial charge in [0.05, 0.1) is 0 Å². The van der Waals surface area contributed by atoms with Crippen molar-refractivity contribution in [1.82, 2.24) is 14.3 Å². The van der Waals surface area contributed by atoms with E-state index < -0.39 is 16.2 Å². The van der Waals surface area contributed by atoms with Crippen LogP contribution in [0.1, 0.15) is 46.0 Å². The molecule has 116 valence electrons. The van der Waals surface area contributed by atoms with Gasteiger partial charge in [-0.1, -0.05) is 26.7 Å². The smallest absolute Gasteiger partial charge is 0.329 e. The first kappa shape index (κ1) is 15.6. The Morgan fingerprint density at radius 2 is 1.65 bits per heavy atom. The van der Waals surface area contributed by atoms with Crippen LogP contribution in [0.2, 0.25) is 0 Å². The summed E-state index contributed by atoms with van der Waals surface area (Å²) in [6, 6.07) is -0.479. The van der Waals surface area contributed by atoms with Crippen LogP contribution >= 0.6 is 0 Å². The van der Waals surface area contributed by atoms with Crippen LogP contribution in [0.4, 0.5) is 4.79 Å². The first-order chi connectivity index (χ1) is 9.37. The van der Waals surface area contributed by atoms with Crippen LogP contribution in [0.5, 0.6) is 0 Å². The maximum Gasteiger partial charge on any atom is 0.329 e. The molecule has 7 heteroatoms. The molecular formula is C13H25N3O3S. The van der Waals surface area contributed by atoms with E-state index in [1.54, 1.807) is 0 Å². The highest BCUT2D eigenvalue weighted by Crippen LogP contribution is 2.22. The summed E-state index contributed by atoms with van der Waals surface area (Å²) in [6.45, 7) is 5.04. The normalized spacial score (nSPS) is 29.3. The summed E-state index contributed by atoms with van der Waals surface area (Å²) < 4.78 is 28.0. The third-order valence-corrected chi connectivity index (χ3v) is 5.51. The summed E-state index contributed by atoms with van der Waals surface area (Å²) in [5.74, 6) is 0.654. The van der Waals surface area contributed by atoms with Crippen molar-refractivity contribution >= 4 is 16.2 Å². The average molecular weight is 303 g/mol. The first-order valence-corrected chi connectivity index (χ1v) is 8.89. The number of carbonyl (C=O) groups excluding carboxylic acids is 1. The molecule has 2 N–H and O–H groups in total. The van der Waals surface area contributed by atoms with E-state index in [0.717, 1.165) is 32.1 Å². The van der Waals surface area contributed by atoms with Crippen LogP contribution in [-0.4, -0.2) is 37.9 Å². The Morgan fingerprint density at radius 1 is 1.10 bits per heavy atom. The van der Waals surface area contributed by atoms with Crippen molar-refractivity contribution < 1.29 is 13.2 Å². The fourth-order valence-electron chi connectivity index (χ4n) is 3.27. The van der Waals surface area contributed by atoms with Gasteiger partial charge in [-0.2, -0.15) is 12.7 Å². The van der Waals surface area contributed by atoms with E-state index in [2.05, 4.69) is 10.0 Å². The molecule has 0 aromatic carbocycles. The number of hydrogen-bond donors (Lipinski definition) is 2. The molecule has 2 amide bonds. The van der Waals surface area contributed by atoms with E-state index in [9.17, 15) is 13.2 Å². The number of nitrogens with one attached hydrogen (secondary N) is 2. The van der Waals surface area contributed by atoms with Gasteiger partial charge in [-0.15, -0.1) is 0 Å². The topological polar surface area (TPSA) is 78.5 Å². The standard InChI is InChI=1S/C13H25N3O3S/c1-10-7-11(2)9-16(8-10)20(18,19)15-13(17)14-12-5-3-4-6-12/h10-12H,3-9H2,1-2H3,(H2,14,15,17). The van der Waals surface area contributed by atoms with Crippen LogP contribution < -0.4 is 10.0 Å². The van der Waals surface area contributed by atoms with Gasteiger partial charge in [-0.05, 0) is 31.1 Å². The lowest BCUT2D eigenvalue weighted by Crippen LogP contribution is -2.52. The van der Waals surface area contributed by atoms with Gasteiger partial charge in [0.15, 0.2) is 0 Å². The molecule has 1 heterocycles. The zero-order valence-corrected chi connectivity index (χ0v) is 13.1. The van der Waals surface area contributed by atoms with Gasteiger partial charge in [0.25, 0.3) is 0 Å². The number of amides is 2. The van der Waals surface area contributed by atoms with Gasteiger partial charge >= 0.3 is 16.2 Å². The largest absolute Gasteiger partial charge is 0.335 e. The molecule has 20 heavy (non-hydrogen) atoms. The fraction of sp³-hybridized carbons (Fsp3) is 0.923. The molecule has 2 atom stereocenters. The van der Waals surface area contributed by atoms with Gasteiger partial charge in [0.1, 0.15) is 0 Å². The Labute approximate surface area is 121 Å². The minimum Gasteiger partial charge on any atom is -0.335 e. The number of carbonyl (C=O) groups is 1. The van der Waals surface area contributed by atoms with Crippen LogP contribution in [0.25, 0.3) is 0 Å². The molecule has 2 unspecified atom stereocenters. The summed E-state index contributed by atoms with van der Waals surface area (Å²) >= 11 is 0. The van der Waals surface area contributed by atoms with E-state index >= 15 is 0 Å². The lowest BCUT2D eigenvalue weighted by molar-refractivity contribution is 0.217. The van der Waals surface area contributed by atoms with E-state index in [0.29, 0.717) is 24.9 Å². The lowest BCUT2D eigenvalue weighted by Gasteiger charge is -2.33. The Morgan fingerprint density at radius 3 is 2.20 bits per heavy atom. The minimum absolute atomic E-state index is 0.115. The molecular weight excluding hydrogens is 278 g/mol. The van der Waals surface area contributed by atoms with Crippen molar-refractivity contribution in [2.45, 2.75) is 52.0 Å². The van der Waals surface area contributed by atoms with Crippen molar-refractivity contribution in [1.29, 1.82) is 0 Å². The van der Waals surface area contributed by atoms with Crippen molar-refractivity contribution in [2.24, 2.45) is 11.8 Å². The fourth-order valence-corrected chi connectivity index (χ4v) is 4.59. The number of urea groups is 1.